The summed E-state index contributed by atoms with van der Waals surface area (Å²) >= 11 is 0. The zero-order chi connectivity index (χ0) is 13.0. The lowest BCUT2D eigenvalue weighted by Gasteiger charge is -2.03. The van der Waals surface area contributed by atoms with Gasteiger partial charge in [0.25, 0.3) is 0 Å². The first-order valence-corrected chi connectivity index (χ1v) is 6.20. The number of hydrogen-bond acceptors (Lipinski definition) is 2. The summed E-state index contributed by atoms with van der Waals surface area (Å²) in [6, 6.07) is 14.8. The third-order valence-corrected chi connectivity index (χ3v) is 2.93. The van der Waals surface area contributed by atoms with Crippen molar-refractivity contribution in [2.75, 3.05) is 5.73 Å². The van der Waals surface area contributed by atoms with Crippen LogP contribution in [0.2, 0.25) is 0 Å². The second kappa shape index (κ2) is 5.50. The minimum absolute atomic E-state index is 0.0399. The molecule has 2 heteroatoms. The van der Waals surface area contributed by atoms with E-state index in [0.29, 0.717) is 11.3 Å². The second-order valence-electron chi connectivity index (χ2n) is 4.40. The van der Waals surface area contributed by atoms with Gasteiger partial charge < -0.3 is 5.73 Å². The maximum absolute atomic E-state index is 12.2. The number of benzene rings is 2. The Labute approximate surface area is 107 Å². The summed E-state index contributed by atoms with van der Waals surface area (Å²) in [5.41, 5.74) is 8.94. The summed E-state index contributed by atoms with van der Waals surface area (Å²) in [5.74, 6) is 0.0399. The molecule has 2 nitrogen and oxygen atoms in total. The van der Waals surface area contributed by atoms with Gasteiger partial charge in [0, 0.05) is 16.8 Å². The number of nitrogens with two attached hydrogens (primary N) is 1. The Kier molecular flexibility index (Phi) is 3.78. The van der Waals surface area contributed by atoms with E-state index in [1.165, 1.54) is 5.56 Å². The van der Waals surface area contributed by atoms with Crippen LogP contribution in [0.3, 0.4) is 0 Å². The van der Waals surface area contributed by atoms with Gasteiger partial charge >= 0.3 is 0 Å². The monoisotopic (exact) mass is 239 g/mol. The Morgan fingerprint density at radius 2 is 1.44 bits per heavy atom. The van der Waals surface area contributed by atoms with Crippen molar-refractivity contribution in [2.45, 2.75) is 19.8 Å². The molecule has 2 rings (SSSR count). The van der Waals surface area contributed by atoms with Crippen molar-refractivity contribution in [1.82, 2.24) is 0 Å². The molecule has 2 aromatic carbocycles. The molecule has 0 aromatic heterocycles. The number of ketones is 1. The van der Waals surface area contributed by atoms with Gasteiger partial charge in [0.1, 0.15) is 0 Å². The predicted octanol–water partition coefficient (Wildman–Crippen LogP) is 3.45. The quantitative estimate of drug-likeness (QED) is 0.656. The van der Waals surface area contributed by atoms with E-state index in [1.54, 1.807) is 24.3 Å². The van der Waals surface area contributed by atoms with Crippen LogP contribution in [-0.2, 0) is 6.42 Å². The SMILES string of the molecule is CCCc1ccc(C(=O)c2ccc(N)cc2)cc1. The van der Waals surface area contributed by atoms with Crippen LogP contribution in [0.15, 0.2) is 48.5 Å². The zero-order valence-electron chi connectivity index (χ0n) is 10.5. The first-order chi connectivity index (χ1) is 8.70. The third-order valence-electron chi connectivity index (χ3n) is 2.93. The molecule has 0 aliphatic carbocycles. The van der Waals surface area contributed by atoms with Gasteiger partial charge in [-0.05, 0) is 36.2 Å². The Balaban J connectivity index is 2.20. The van der Waals surface area contributed by atoms with Gasteiger partial charge in [0.05, 0.1) is 0 Å². The van der Waals surface area contributed by atoms with Crippen LogP contribution >= 0.6 is 0 Å². The first kappa shape index (κ1) is 12.4. The Bertz CT molecular complexity index is 526. The number of rotatable bonds is 4. The topological polar surface area (TPSA) is 43.1 Å². The molecule has 0 unspecified atom stereocenters. The van der Waals surface area contributed by atoms with Gasteiger partial charge in [0.15, 0.2) is 5.78 Å². The van der Waals surface area contributed by atoms with E-state index in [4.69, 9.17) is 5.73 Å². The smallest absolute Gasteiger partial charge is 0.193 e. The maximum Gasteiger partial charge on any atom is 0.193 e. The summed E-state index contributed by atoms with van der Waals surface area (Å²) in [5, 5.41) is 0. The van der Waals surface area contributed by atoms with Crippen molar-refractivity contribution in [2.24, 2.45) is 0 Å². The van der Waals surface area contributed by atoms with E-state index >= 15 is 0 Å². The molecule has 0 radical (unpaired) electrons. The molecule has 92 valence electrons. The lowest BCUT2D eigenvalue weighted by molar-refractivity contribution is 0.103. The highest BCUT2D eigenvalue weighted by Gasteiger charge is 2.08. The zero-order valence-corrected chi connectivity index (χ0v) is 10.5. The predicted molar refractivity (Wildman–Crippen MR) is 74.7 cm³/mol. The molecule has 0 saturated heterocycles. The van der Waals surface area contributed by atoms with Gasteiger partial charge in [-0.2, -0.15) is 0 Å². The minimum Gasteiger partial charge on any atom is -0.399 e. The number of carbonyl (C=O) groups is 1. The Hall–Kier alpha value is -2.09. The molecule has 0 aliphatic rings. The van der Waals surface area contributed by atoms with Crippen molar-refractivity contribution in [3.63, 3.8) is 0 Å². The normalized spacial score (nSPS) is 10.3. The van der Waals surface area contributed by atoms with E-state index in [1.807, 2.05) is 24.3 Å². The average Bonchev–Trinajstić information content (AvgIpc) is 2.40. The molecule has 0 amide bonds. The van der Waals surface area contributed by atoms with Crippen molar-refractivity contribution in [3.05, 3.63) is 65.2 Å². The van der Waals surface area contributed by atoms with Crippen LogP contribution in [0.5, 0.6) is 0 Å². The fourth-order valence-corrected chi connectivity index (χ4v) is 1.91. The Morgan fingerprint density at radius 3 is 1.94 bits per heavy atom. The number of aryl methyl sites for hydroxylation is 1. The van der Waals surface area contributed by atoms with Gasteiger partial charge in [-0.25, -0.2) is 0 Å². The van der Waals surface area contributed by atoms with Crippen molar-refractivity contribution >= 4 is 11.5 Å². The number of nitrogen functional groups attached to an aromatic ring is 1. The van der Waals surface area contributed by atoms with Crippen LogP contribution in [0, 0.1) is 0 Å². The summed E-state index contributed by atoms with van der Waals surface area (Å²) < 4.78 is 0. The van der Waals surface area contributed by atoms with E-state index in [2.05, 4.69) is 6.92 Å². The fourth-order valence-electron chi connectivity index (χ4n) is 1.91. The van der Waals surface area contributed by atoms with Gasteiger partial charge in [-0.3, -0.25) is 4.79 Å². The standard InChI is InChI=1S/C16H17NO/c1-2-3-12-4-6-13(7-5-12)16(18)14-8-10-15(17)11-9-14/h4-11H,2-3,17H2,1H3. The van der Waals surface area contributed by atoms with Crippen LogP contribution in [0.25, 0.3) is 0 Å². The molecule has 0 spiro atoms. The van der Waals surface area contributed by atoms with Crippen molar-refractivity contribution in [3.8, 4) is 0 Å². The van der Waals surface area contributed by atoms with E-state index in [0.717, 1.165) is 18.4 Å². The van der Waals surface area contributed by atoms with Crippen LogP contribution in [-0.4, -0.2) is 5.78 Å². The number of carbonyl (C=O) groups excluding carboxylic acids is 1. The lowest BCUT2D eigenvalue weighted by atomic mass is 10.0. The van der Waals surface area contributed by atoms with Crippen LogP contribution in [0.4, 0.5) is 5.69 Å². The molecular formula is C16H17NO. The van der Waals surface area contributed by atoms with Crippen LogP contribution in [0.1, 0.15) is 34.8 Å². The largest absolute Gasteiger partial charge is 0.399 e. The summed E-state index contributed by atoms with van der Waals surface area (Å²) in [6.45, 7) is 2.15. The summed E-state index contributed by atoms with van der Waals surface area (Å²) in [7, 11) is 0. The molecular weight excluding hydrogens is 222 g/mol. The summed E-state index contributed by atoms with van der Waals surface area (Å²) in [4.78, 5) is 12.2. The fraction of sp³-hybridized carbons (Fsp3) is 0.188. The molecule has 2 N–H and O–H groups in total. The molecule has 0 saturated carbocycles. The highest BCUT2D eigenvalue weighted by atomic mass is 16.1. The molecule has 0 heterocycles. The number of hydrogen-bond donors (Lipinski definition) is 1. The molecule has 0 fully saturated rings. The van der Waals surface area contributed by atoms with Gasteiger partial charge in [-0.1, -0.05) is 37.6 Å². The maximum atomic E-state index is 12.2. The highest BCUT2D eigenvalue weighted by Crippen LogP contribution is 2.13. The Morgan fingerprint density at radius 1 is 0.944 bits per heavy atom. The average molecular weight is 239 g/mol. The molecule has 0 bridgehead atoms. The van der Waals surface area contributed by atoms with Crippen LogP contribution < -0.4 is 5.73 Å². The van der Waals surface area contributed by atoms with E-state index < -0.39 is 0 Å². The van der Waals surface area contributed by atoms with E-state index in [-0.39, 0.29) is 5.78 Å². The molecule has 2 aromatic rings. The van der Waals surface area contributed by atoms with E-state index in [9.17, 15) is 4.79 Å². The van der Waals surface area contributed by atoms with Crippen molar-refractivity contribution < 1.29 is 4.79 Å². The molecule has 18 heavy (non-hydrogen) atoms. The summed E-state index contributed by atoms with van der Waals surface area (Å²) in [6.07, 6.45) is 2.17. The van der Waals surface area contributed by atoms with Gasteiger partial charge in [-0.15, -0.1) is 0 Å². The first-order valence-electron chi connectivity index (χ1n) is 6.20. The second-order valence-corrected chi connectivity index (χ2v) is 4.40. The third kappa shape index (κ3) is 2.77. The minimum atomic E-state index is 0.0399. The van der Waals surface area contributed by atoms with Crippen molar-refractivity contribution in [1.29, 1.82) is 0 Å². The molecule has 0 atom stereocenters. The number of anilines is 1. The van der Waals surface area contributed by atoms with Gasteiger partial charge in [0.2, 0.25) is 0 Å². The lowest BCUT2D eigenvalue weighted by Crippen LogP contribution is -2.01. The highest BCUT2D eigenvalue weighted by molar-refractivity contribution is 6.09. The molecule has 0 aliphatic heterocycles.